The summed E-state index contributed by atoms with van der Waals surface area (Å²) in [6.07, 6.45) is 0.252. The van der Waals surface area contributed by atoms with Crippen LogP contribution in [0, 0.1) is 0 Å². The summed E-state index contributed by atoms with van der Waals surface area (Å²) < 4.78 is 35.3. The molecule has 108 valence electrons. The van der Waals surface area contributed by atoms with E-state index in [1.54, 1.807) is 12.1 Å². The summed E-state index contributed by atoms with van der Waals surface area (Å²) in [7, 11) is -4.92. The first kappa shape index (κ1) is 19.0. The molecule has 1 aliphatic rings. The maximum absolute atomic E-state index is 11.5. The third-order valence-electron chi connectivity index (χ3n) is 2.75. The van der Waals surface area contributed by atoms with E-state index in [1.807, 2.05) is 0 Å². The smallest absolute Gasteiger partial charge is 0.714 e. The van der Waals surface area contributed by atoms with Gasteiger partial charge in [0.1, 0.15) is 0 Å². The molecule has 2 rings (SSSR count). The fourth-order valence-corrected chi connectivity index (χ4v) is 2.31. The standard InChI is InChI=1S/C11H11ClN2O5S.K/c1-7(15)14-5-4-10(13-19-20(16,17)18)9-6-8(12)2-3-11(9)14;/h2-3,6H,4-5H2,1H3,(H,16,17,18);/q;+1/p-1/b13-10-;. The number of hydrogen-bond acceptors (Lipinski definition) is 6. The molecular weight excluding hydrogens is 347 g/mol. The van der Waals surface area contributed by atoms with Crippen LogP contribution in [0.2, 0.25) is 5.02 Å². The van der Waals surface area contributed by atoms with Crippen molar-refractivity contribution in [1.29, 1.82) is 0 Å². The van der Waals surface area contributed by atoms with E-state index >= 15 is 0 Å². The van der Waals surface area contributed by atoms with Gasteiger partial charge in [0.15, 0.2) is 0 Å². The second-order valence-corrected chi connectivity index (χ2v) is 5.50. The number of hydrogen-bond donors (Lipinski definition) is 0. The maximum Gasteiger partial charge on any atom is 1.00 e. The molecule has 0 atom stereocenters. The van der Waals surface area contributed by atoms with Gasteiger partial charge in [0.2, 0.25) is 5.91 Å². The number of nitrogens with zero attached hydrogens (tertiary/aromatic N) is 2. The van der Waals surface area contributed by atoms with Crippen LogP contribution in [0.3, 0.4) is 0 Å². The average molecular weight is 357 g/mol. The van der Waals surface area contributed by atoms with E-state index in [2.05, 4.69) is 9.44 Å². The zero-order valence-corrected chi connectivity index (χ0v) is 16.1. The largest absolute Gasteiger partial charge is 1.00 e. The van der Waals surface area contributed by atoms with Gasteiger partial charge in [-0.3, -0.25) is 9.08 Å². The van der Waals surface area contributed by atoms with Gasteiger partial charge in [0.05, 0.1) is 11.4 Å². The van der Waals surface area contributed by atoms with Crippen molar-refractivity contribution in [2.75, 3.05) is 11.4 Å². The molecule has 1 heterocycles. The molecule has 1 amide bonds. The summed E-state index contributed by atoms with van der Waals surface area (Å²) in [4.78, 5) is 13.1. The summed E-state index contributed by atoms with van der Waals surface area (Å²) in [5, 5.41) is 3.75. The van der Waals surface area contributed by atoms with Crippen LogP contribution in [-0.2, 0) is 19.5 Å². The molecule has 1 aliphatic heterocycles. The summed E-state index contributed by atoms with van der Waals surface area (Å²) in [5.74, 6) is -0.162. The van der Waals surface area contributed by atoms with Gasteiger partial charge >= 0.3 is 51.4 Å². The molecule has 0 aromatic heterocycles. The molecule has 7 nitrogen and oxygen atoms in total. The zero-order chi connectivity index (χ0) is 14.9. The first-order chi connectivity index (χ1) is 9.28. The summed E-state index contributed by atoms with van der Waals surface area (Å²) in [6.45, 7) is 1.73. The van der Waals surface area contributed by atoms with Gasteiger partial charge in [0, 0.05) is 30.5 Å². The molecule has 0 saturated heterocycles. The van der Waals surface area contributed by atoms with Crippen LogP contribution in [0.4, 0.5) is 5.69 Å². The van der Waals surface area contributed by atoms with Gasteiger partial charge < -0.3 is 9.45 Å². The average Bonchev–Trinajstić information content (AvgIpc) is 2.34. The van der Waals surface area contributed by atoms with Gasteiger partial charge in [-0.1, -0.05) is 16.8 Å². The summed E-state index contributed by atoms with van der Waals surface area (Å²) in [6, 6.07) is 4.76. The number of oxime groups is 1. The number of benzene rings is 1. The van der Waals surface area contributed by atoms with Crippen LogP contribution in [0.5, 0.6) is 0 Å². The van der Waals surface area contributed by atoms with Crippen LogP contribution in [0.15, 0.2) is 23.4 Å². The van der Waals surface area contributed by atoms with Crippen LogP contribution >= 0.6 is 11.6 Å². The van der Waals surface area contributed by atoms with Gasteiger partial charge in [-0.25, -0.2) is 0 Å². The van der Waals surface area contributed by atoms with Gasteiger partial charge in [-0.2, -0.15) is 8.42 Å². The number of halogens is 1. The minimum Gasteiger partial charge on any atom is -0.714 e. The van der Waals surface area contributed by atoms with Crippen molar-refractivity contribution >= 4 is 39.3 Å². The fourth-order valence-electron chi connectivity index (χ4n) is 1.96. The van der Waals surface area contributed by atoms with E-state index in [0.717, 1.165) is 0 Å². The van der Waals surface area contributed by atoms with E-state index in [9.17, 15) is 17.8 Å². The zero-order valence-electron chi connectivity index (χ0n) is 11.4. The molecule has 1 aromatic carbocycles. The fraction of sp³-hybridized carbons (Fsp3) is 0.273. The Morgan fingerprint density at radius 1 is 1.48 bits per heavy atom. The quantitative estimate of drug-likeness (QED) is 0.272. The Kier molecular flexibility index (Phi) is 6.81. The van der Waals surface area contributed by atoms with Crippen LogP contribution in [-0.4, -0.2) is 31.1 Å². The second kappa shape index (κ2) is 7.51. The van der Waals surface area contributed by atoms with Crippen molar-refractivity contribution in [3.63, 3.8) is 0 Å². The molecule has 10 heteroatoms. The predicted octanol–water partition coefficient (Wildman–Crippen LogP) is -1.72. The Morgan fingerprint density at radius 2 is 2.14 bits per heavy atom. The molecule has 0 spiro atoms. The van der Waals surface area contributed by atoms with Crippen LogP contribution in [0.1, 0.15) is 18.9 Å². The van der Waals surface area contributed by atoms with Gasteiger partial charge in [-0.15, -0.1) is 0 Å². The Labute approximate surface area is 169 Å². The first-order valence-electron chi connectivity index (χ1n) is 5.57. The minimum absolute atomic E-state index is 0. The number of rotatable bonds is 2. The Morgan fingerprint density at radius 3 is 2.71 bits per heavy atom. The summed E-state index contributed by atoms with van der Waals surface area (Å²) >= 11 is 5.88. The topological polar surface area (TPSA) is 99.1 Å². The third-order valence-corrected chi connectivity index (χ3v) is 3.24. The predicted molar refractivity (Wildman–Crippen MR) is 71.4 cm³/mol. The van der Waals surface area contributed by atoms with E-state index < -0.39 is 10.4 Å². The van der Waals surface area contributed by atoms with Gasteiger partial charge in [-0.05, 0) is 18.2 Å². The van der Waals surface area contributed by atoms with Crippen molar-refractivity contribution in [2.24, 2.45) is 5.16 Å². The van der Waals surface area contributed by atoms with E-state index in [4.69, 9.17) is 11.6 Å². The van der Waals surface area contributed by atoms with E-state index in [0.29, 0.717) is 22.8 Å². The normalized spacial score (nSPS) is 16.1. The monoisotopic (exact) mass is 356 g/mol. The third kappa shape index (κ3) is 5.00. The molecular formula is C11H10ClKN2O5S. The molecule has 0 bridgehead atoms. The number of fused-ring (bicyclic) bond motifs is 1. The Bertz CT molecular complexity index is 692. The Balaban J connectivity index is 0.00000220. The molecule has 1 aromatic rings. The molecule has 0 saturated carbocycles. The maximum atomic E-state index is 11.5. The molecule has 0 radical (unpaired) electrons. The first-order valence-corrected chi connectivity index (χ1v) is 7.28. The molecule has 21 heavy (non-hydrogen) atoms. The number of carbonyl (C=O) groups is 1. The van der Waals surface area contributed by atoms with Crippen molar-refractivity contribution < 1.29 is 73.4 Å². The van der Waals surface area contributed by atoms with Crippen molar-refractivity contribution in [3.8, 4) is 0 Å². The molecule has 0 unspecified atom stereocenters. The number of anilines is 1. The van der Waals surface area contributed by atoms with Crippen molar-refractivity contribution in [2.45, 2.75) is 13.3 Å². The van der Waals surface area contributed by atoms with Crippen LogP contribution in [0.25, 0.3) is 0 Å². The summed E-state index contributed by atoms with van der Waals surface area (Å²) in [5.41, 5.74) is 1.25. The van der Waals surface area contributed by atoms with Crippen molar-refractivity contribution in [3.05, 3.63) is 28.8 Å². The number of carbonyl (C=O) groups excluding carboxylic acids is 1. The van der Waals surface area contributed by atoms with E-state index in [1.165, 1.54) is 17.9 Å². The molecule has 0 aliphatic carbocycles. The molecule has 0 N–H and O–H groups in total. The number of amides is 1. The SMILES string of the molecule is CC(=O)N1CC/C(=N/OS(=O)(=O)[O-])c2cc(Cl)ccc21.[K+]. The van der Waals surface area contributed by atoms with Crippen molar-refractivity contribution in [1.82, 2.24) is 0 Å². The second-order valence-electron chi connectivity index (χ2n) is 4.10. The van der Waals surface area contributed by atoms with Crippen LogP contribution < -0.4 is 56.3 Å². The van der Waals surface area contributed by atoms with Gasteiger partial charge in [0.25, 0.3) is 10.4 Å². The Hall–Kier alpha value is -0.00364. The molecule has 0 fully saturated rings. The van der Waals surface area contributed by atoms with E-state index in [-0.39, 0.29) is 69.4 Å². The minimum atomic E-state index is -4.92.